The van der Waals surface area contributed by atoms with Crippen LogP contribution in [0.2, 0.25) is 0 Å². The molecule has 168 valence electrons. The SMILES string of the molecule is Cc1cc(/C=N\NC2=N[C@@H]3[C@H](N2)C(=O)N(C)C(=O)N3C)c(C)n1-c1cccc2ccccc12. The molecule has 0 radical (unpaired) electrons. The van der Waals surface area contributed by atoms with Crippen LogP contribution < -0.4 is 10.7 Å². The highest BCUT2D eigenvalue weighted by atomic mass is 16.2. The Morgan fingerprint density at radius 2 is 1.85 bits per heavy atom. The molecule has 0 unspecified atom stereocenters. The Labute approximate surface area is 191 Å². The average molecular weight is 444 g/mol. The van der Waals surface area contributed by atoms with Crippen molar-refractivity contribution >= 4 is 34.9 Å². The second-order valence-electron chi connectivity index (χ2n) is 8.33. The number of carbonyl (C=O) groups is 2. The Hall–Kier alpha value is -4.14. The van der Waals surface area contributed by atoms with Crippen LogP contribution in [-0.2, 0) is 4.79 Å². The minimum absolute atomic E-state index is 0.314. The van der Waals surface area contributed by atoms with Gasteiger partial charge in [-0.3, -0.25) is 9.69 Å². The van der Waals surface area contributed by atoms with E-state index in [1.807, 2.05) is 12.1 Å². The number of hydrazone groups is 1. The van der Waals surface area contributed by atoms with Gasteiger partial charge in [0.1, 0.15) is 6.04 Å². The molecule has 0 bridgehead atoms. The van der Waals surface area contributed by atoms with E-state index in [2.05, 4.69) is 75.6 Å². The summed E-state index contributed by atoms with van der Waals surface area (Å²) in [7, 11) is 3.09. The van der Waals surface area contributed by atoms with E-state index in [9.17, 15) is 9.59 Å². The summed E-state index contributed by atoms with van der Waals surface area (Å²) in [6.45, 7) is 4.13. The molecule has 3 heterocycles. The quantitative estimate of drug-likeness (QED) is 0.480. The number of amides is 3. The van der Waals surface area contributed by atoms with Crippen LogP contribution in [0.25, 0.3) is 16.5 Å². The number of aryl methyl sites for hydroxylation is 1. The predicted octanol–water partition coefficient (Wildman–Crippen LogP) is 2.35. The summed E-state index contributed by atoms with van der Waals surface area (Å²) in [6.07, 6.45) is 1.15. The first-order valence-corrected chi connectivity index (χ1v) is 10.7. The first kappa shape index (κ1) is 20.7. The Morgan fingerprint density at radius 1 is 1.09 bits per heavy atom. The van der Waals surface area contributed by atoms with E-state index in [-0.39, 0.29) is 11.9 Å². The number of urea groups is 1. The predicted molar refractivity (Wildman–Crippen MR) is 128 cm³/mol. The van der Waals surface area contributed by atoms with Crippen LogP contribution in [0.1, 0.15) is 17.0 Å². The molecule has 5 rings (SSSR count). The molecular formula is C24H25N7O2. The summed E-state index contributed by atoms with van der Waals surface area (Å²) in [4.78, 5) is 31.5. The second-order valence-corrected chi connectivity index (χ2v) is 8.33. The topological polar surface area (TPSA) is 94.3 Å². The number of hydrogen-bond acceptors (Lipinski definition) is 6. The van der Waals surface area contributed by atoms with Gasteiger partial charge in [-0.2, -0.15) is 5.10 Å². The smallest absolute Gasteiger partial charge is 0.328 e. The third kappa shape index (κ3) is 3.32. The number of rotatable bonds is 3. The van der Waals surface area contributed by atoms with Crippen molar-refractivity contribution in [1.82, 2.24) is 25.1 Å². The van der Waals surface area contributed by atoms with E-state index < -0.39 is 12.2 Å². The lowest BCUT2D eigenvalue weighted by Crippen LogP contribution is -2.63. The number of benzene rings is 2. The highest BCUT2D eigenvalue weighted by molar-refractivity contribution is 6.03. The summed E-state index contributed by atoms with van der Waals surface area (Å²) in [5.41, 5.74) is 7.12. The van der Waals surface area contributed by atoms with E-state index in [1.54, 1.807) is 13.3 Å². The van der Waals surface area contributed by atoms with Gasteiger partial charge in [0.05, 0.1) is 11.9 Å². The molecule has 1 saturated heterocycles. The van der Waals surface area contributed by atoms with Crippen molar-refractivity contribution in [3.63, 3.8) is 0 Å². The molecular weight excluding hydrogens is 418 g/mol. The maximum absolute atomic E-state index is 12.4. The van der Waals surface area contributed by atoms with Crippen molar-refractivity contribution in [3.8, 4) is 5.69 Å². The molecule has 0 spiro atoms. The number of nitrogens with one attached hydrogen (secondary N) is 2. The van der Waals surface area contributed by atoms with Crippen molar-refractivity contribution in [2.24, 2.45) is 10.1 Å². The zero-order valence-corrected chi connectivity index (χ0v) is 18.9. The van der Waals surface area contributed by atoms with E-state index in [0.717, 1.165) is 27.5 Å². The van der Waals surface area contributed by atoms with Gasteiger partial charge in [-0.25, -0.2) is 15.2 Å². The lowest BCUT2D eigenvalue weighted by atomic mass is 10.1. The first-order chi connectivity index (χ1) is 15.9. The zero-order chi connectivity index (χ0) is 23.3. The van der Waals surface area contributed by atoms with Gasteiger partial charge in [-0.05, 0) is 31.4 Å². The number of likely N-dealkylation sites (N-methyl/N-ethyl adjacent to an activating group) is 2. The maximum Gasteiger partial charge on any atom is 0.328 e. The van der Waals surface area contributed by atoms with Crippen LogP contribution in [0, 0.1) is 13.8 Å². The lowest BCUT2D eigenvalue weighted by molar-refractivity contribution is -0.133. The summed E-state index contributed by atoms with van der Waals surface area (Å²) in [5, 5.41) is 9.73. The van der Waals surface area contributed by atoms with E-state index in [4.69, 9.17) is 0 Å². The number of carbonyl (C=O) groups excluding carboxylic acids is 2. The molecule has 9 nitrogen and oxygen atoms in total. The molecule has 33 heavy (non-hydrogen) atoms. The lowest BCUT2D eigenvalue weighted by Gasteiger charge is -2.36. The standard InChI is InChI=1S/C24H25N7O2/c1-14-12-17(15(2)31(14)19-11-7-9-16-8-5-6-10-18(16)19)13-25-28-23-26-20-21(27-23)29(3)24(33)30(4)22(20)32/h5-13,20-21H,1-4H3,(H2,26,27,28)/b25-13-/t20-,21-/m0/s1. The molecule has 2 atom stereocenters. The molecule has 2 aromatic carbocycles. The maximum atomic E-state index is 12.4. The highest BCUT2D eigenvalue weighted by Gasteiger charge is 2.46. The highest BCUT2D eigenvalue weighted by Crippen LogP contribution is 2.27. The van der Waals surface area contributed by atoms with Crippen molar-refractivity contribution in [2.75, 3.05) is 14.1 Å². The molecule has 0 saturated carbocycles. The number of imide groups is 1. The molecule has 2 aliphatic heterocycles. The molecule has 1 fully saturated rings. The third-order valence-electron chi connectivity index (χ3n) is 6.29. The van der Waals surface area contributed by atoms with Crippen molar-refractivity contribution < 1.29 is 9.59 Å². The molecule has 2 aliphatic rings. The van der Waals surface area contributed by atoms with Crippen molar-refractivity contribution in [2.45, 2.75) is 26.1 Å². The summed E-state index contributed by atoms with van der Waals surface area (Å²) in [5.74, 6) is 0.0404. The van der Waals surface area contributed by atoms with Gasteiger partial charge in [0.15, 0.2) is 6.17 Å². The van der Waals surface area contributed by atoms with Crippen molar-refractivity contribution in [3.05, 3.63) is 65.5 Å². The van der Waals surface area contributed by atoms with Gasteiger partial charge in [-0.15, -0.1) is 0 Å². The molecule has 0 aliphatic carbocycles. The fourth-order valence-electron chi connectivity index (χ4n) is 4.53. The van der Waals surface area contributed by atoms with Gasteiger partial charge in [0.2, 0.25) is 5.96 Å². The number of aromatic nitrogens is 1. The number of nitrogens with zero attached hydrogens (tertiary/aromatic N) is 5. The first-order valence-electron chi connectivity index (χ1n) is 10.7. The third-order valence-corrected chi connectivity index (χ3v) is 6.29. The minimum atomic E-state index is -0.619. The molecule has 2 N–H and O–H groups in total. The Balaban J connectivity index is 1.38. The van der Waals surface area contributed by atoms with E-state index in [1.165, 1.54) is 22.7 Å². The summed E-state index contributed by atoms with van der Waals surface area (Å²) < 4.78 is 2.22. The van der Waals surface area contributed by atoms with Gasteiger partial charge >= 0.3 is 6.03 Å². The fraction of sp³-hybridized carbons (Fsp3) is 0.250. The van der Waals surface area contributed by atoms with E-state index in [0.29, 0.717) is 5.96 Å². The summed E-state index contributed by atoms with van der Waals surface area (Å²) in [6, 6.07) is 15.7. The summed E-state index contributed by atoms with van der Waals surface area (Å²) >= 11 is 0. The number of aliphatic imine (C=N–C) groups is 1. The zero-order valence-electron chi connectivity index (χ0n) is 18.9. The minimum Gasteiger partial charge on any atom is -0.340 e. The molecule has 3 aromatic rings. The molecule has 3 amide bonds. The van der Waals surface area contributed by atoms with Crippen LogP contribution in [0.3, 0.4) is 0 Å². The van der Waals surface area contributed by atoms with Gasteiger partial charge in [0, 0.05) is 36.4 Å². The van der Waals surface area contributed by atoms with Crippen LogP contribution >= 0.6 is 0 Å². The van der Waals surface area contributed by atoms with Crippen LogP contribution in [0.5, 0.6) is 0 Å². The Bertz CT molecular complexity index is 1330. The second kappa shape index (κ2) is 7.77. The monoisotopic (exact) mass is 443 g/mol. The van der Waals surface area contributed by atoms with Crippen LogP contribution in [0.4, 0.5) is 4.79 Å². The van der Waals surface area contributed by atoms with Gasteiger partial charge in [-0.1, -0.05) is 36.4 Å². The number of fused-ring (bicyclic) bond motifs is 2. The van der Waals surface area contributed by atoms with Crippen LogP contribution in [-0.4, -0.2) is 64.8 Å². The van der Waals surface area contributed by atoms with Gasteiger partial charge in [0.25, 0.3) is 5.91 Å². The van der Waals surface area contributed by atoms with E-state index >= 15 is 0 Å². The van der Waals surface area contributed by atoms with Crippen LogP contribution in [0.15, 0.2) is 58.6 Å². The van der Waals surface area contributed by atoms with Crippen molar-refractivity contribution in [1.29, 1.82) is 0 Å². The molecule has 9 heteroatoms. The Kier molecular flexibility index (Phi) is 4.88. The van der Waals surface area contributed by atoms with Gasteiger partial charge < -0.3 is 14.8 Å². The Morgan fingerprint density at radius 3 is 2.67 bits per heavy atom. The molecule has 1 aromatic heterocycles. The normalized spacial score (nSPS) is 20.4. The average Bonchev–Trinajstić information content (AvgIpc) is 3.37. The number of hydrogen-bond donors (Lipinski definition) is 2. The number of guanidine groups is 1. The largest absolute Gasteiger partial charge is 0.340 e. The fourth-order valence-corrected chi connectivity index (χ4v) is 4.53.